The summed E-state index contributed by atoms with van der Waals surface area (Å²) in [5, 5.41) is 2.82. The molecular formula is C18H14N4O2. The number of nitrogens with zero attached hydrogens (tertiary/aromatic N) is 2. The van der Waals surface area contributed by atoms with Crippen LogP contribution in [0.5, 0.6) is 0 Å². The molecule has 0 saturated carbocycles. The van der Waals surface area contributed by atoms with E-state index >= 15 is 0 Å². The SMILES string of the molecule is Cc1ccc2oc(C(=O)Nc3ccc(-c4ncc[nH]4)cc3)cc2n1. The maximum absolute atomic E-state index is 12.3. The van der Waals surface area contributed by atoms with Crippen LogP contribution in [-0.2, 0) is 0 Å². The Labute approximate surface area is 137 Å². The van der Waals surface area contributed by atoms with E-state index in [4.69, 9.17) is 4.42 Å². The van der Waals surface area contributed by atoms with E-state index < -0.39 is 0 Å². The number of imidazole rings is 1. The molecule has 0 radical (unpaired) electrons. The number of aromatic amines is 1. The van der Waals surface area contributed by atoms with E-state index in [0.717, 1.165) is 17.1 Å². The van der Waals surface area contributed by atoms with Crippen LogP contribution in [0.15, 0.2) is 59.3 Å². The molecular weight excluding hydrogens is 304 g/mol. The van der Waals surface area contributed by atoms with Gasteiger partial charge in [-0.1, -0.05) is 0 Å². The molecule has 118 valence electrons. The summed E-state index contributed by atoms with van der Waals surface area (Å²) in [6, 6.07) is 12.7. The van der Waals surface area contributed by atoms with Gasteiger partial charge in [-0.3, -0.25) is 4.79 Å². The second kappa shape index (κ2) is 5.66. The number of amides is 1. The molecule has 1 aromatic carbocycles. The predicted molar refractivity (Wildman–Crippen MR) is 90.7 cm³/mol. The Morgan fingerprint density at radius 3 is 2.75 bits per heavy atom. The third-order valence-corrected chi connectivity index (χ3v) is 3.65. The summed E-state index contributed by atoms with van der Waals surface area (Å²) >= 11 is 0. The minimum Gasteiger partial charge on any atom is -0.449 e. The molecule has 4 aromatic rings. The lowest BCUT2D eigenvalue weighted by Gasteiger charge is -2.04. The van der Waals surface area contributed by atoms with Gasteiger partial charge in [-0.2, -0.15) is 0 Å². The standard InChI is InChI=1S/C18H14N4O2/c1-11-2-7-15-14(21-11)10-16(24-15)18(23)22-13-5-3-12(4-6-13)17-19-8-9-20-17/h2-10H,1H3,(H,19,20)(H,22,23). The van der Waals surface area contributed by atoms with E-state index in [9.17, 15) is 4.79 Å². The molecule has 1 amide bonds. The van der Waals surface area contributed by atoms with Crippen LogP contribution in [-0.4, -0.2) is 20.9 Å². The molecule has 0 atom stereocenters. The molecule has 0 fully saturated rings. The fourth-order valence-corrected chi connectivity index (χ4v) is 2.46. The summed E-state index contributed by atoms with van der Waals surface area (Å²) < 4.78 is 5.55. The van der Waals surface area contributed by atoms with Crippen LogP contribution in [0.25, 0.3) is 22.5 Å². The van der Waals surface area contributed by atoms with Crippen molar-refractivity contribution in [3.05, 3.63) is 66.3 Å². The molecule has 0 aliphatic rings. The first kappa shape index (κ1) is 14.2. The van der Waals surface area contributed by atoms with Crippen LogP contribution in [0.4, 0.5) is 5.69 Å². The highest BCUT2D eigenvalue weighted by Crippen LogP contribution is 2.21. The van der Waals surface area contributed by atoms with E-state index in [1.165, 1.54) is 0 Å². The number of hydrogen-bond acceptors (Lipinski definition) is 4. The average molecular weight is 318 g/mol. The molecule has 24 heavy (non-hydrogen) atoms. The second-order valence-corrected chi connectivity index (χ2v) is 5.42. The lowest BCUT2D eigenvalue weighted by molar-refractivity contribution is 0.0998. The Kier molecular flexibility index (Phi) is 3.35. The van der Waals surface area contributed by atoms with Crippen molar-refractivity contribution in [2.24, 2.45) is 0 Å². The fraction of sp³-hybridized carbons (Fsp3) is 0.0556. The summed E-state index contributed by atoms with van der Waals surface area (Å²) in [6.45, 7) is 1.90. The number of aromatic nitrogens is 3. The van der Waals surface area contributed by atoms with Crippen LogP contribution in [0, 0.1) is 6.92 Å². The van der Waals surface area contributed by atoms with Crippen molar-refractivity contribution in [1.82, 2.24) is 15.0 Å². The minimum atomic E-state index is -0.309. The van der Waals surface area contributed by atoms with Crippen molar-refractivity contribution in [3.8, 4) is 11.4 Å². The maximum atomic E-state index is 12.3. The lowest BCUT2D eigenvalue weighted by Crippen LogP contribution is -2.10. The Hall–Kier alpha value is -3.41. The highest BCUT2D eigenvalue weighted by Gasteiger charge is 2.13. The zero-order chi connectivity index (χ0) is 16.5. The predicted octanol–water partition coefficient (Wildman–Crippen LogP) is 3.78. The molecule has 0 aliphatic carbocycles. The number of rotatable bonds is 3. The molecule has 3 heterocycles. The molecule has 0 bridgehead atoms. The average Bonchev–Trinajstić information content (AvgIpc) is 3.24. The van der Waals surface area contributed by atoms with Gasteiger partial charge < -0.3 is 14.7 Å². The summed E-state index contributed by atoms with van der Waals surface area (Å²) in [5.41, 5.74) is 3.78. The third kappa shape index (κ3) is 2.65. The highest BCUT2D eigenvalue weighted by atomic mass is 16.3. The van der Waals surface area contributed by atoms with Crippen molar-refractivity contribution in [1.29, 1.82) is 0 Å². The first-order valence-electron chi connectivity index (χ1n) is 7.47. The number of H-pyrrole nitrogens is 1. The number of carbonyl (C=O) groups excluding carboxylic acids is 1. The number of anilines is 1. The number of aryl methyl sites for hydroxylation is 1. The molecule has 2 N–H and O–H groups in total. The van der Waals surface area contributed by atoms with Crippen molar-refractivity contribution >= 4 is 22.7 Å². The quantitative estimate of drug-likeness (QED) is 0.602. The van der Waals surface area contributed by atoms with Gasteiger partial charge in [0.05, 0.1) is 0 Å². The lowest BCUT2D eigenvalue weighted by atomic mass is 10.2. The number of furan rings is 1. The summed E-state index contributed by atoms with van der Waals surface area (Å²) in [7, 11) is 0. The smallest absolute Gasteiger partial charge is 0.291 e. The topological polar surface area (TPSA) is 83.8 Å². The molecule has 3 aromatic heterocycles. The van der Waals surface area contributed by atoms with Crippen LogP contribution in [0.2, 0.25) is 0 Å². The first-order valence-corrected chi connectivity index (χ1v) is 7.47. The van der Waals surface area contributed by atoms with Crippen LogP contribution < -0.4 is 5.32 Å². The molecule has 4 rings (SSSR count). The van der Waals surface area contributed by atoms with Crippen LogP contribution in [0.1, 0.15) is 16.2 Å². The number of fused-ring (bicyclic) bond motifs is 1. The summed E-state index contributed by atoms with van der Waals surface area (Å²) in [4.78, 5) is 23.9. The molecule has 0 aliphatic heterocycles. The number of benzene rings is 1. The largest absolute Gasteiger partial charge is 0.449 e. The van der Waals surface area contributed by atoms with Crippen LogP contribution in [0.3, 0.4) is 0 Å². The molecule has 0 unspecified atom stereocenters. The zero-order valence-corrected chi connectivity index (χ0v) is 12.9. The molecule has 0 saturated heterocycles. The van der Waals surface area contributed by atoms with Gasteiger partial charge in [0.1, 0.15) is 11.3 Å². The van der Waals surface area contributed by atoms with Gasteiger partial charge in [-0.15, -0.1) is 0 Å². The minimum absolute atomic E-state index is 0.234. The first-order chi connectivity index (χ1) is 11.7. The maximum Gasteiger partial charge on any atom is 0.291 e. The van der Waals surface area contributed by atoms with Gasteiger partial charge in [-0.25, -0.2) is 9.97 Å². The summed E-state index contributed by atoms with van der Waals surface area (Å²) in [5.74, 6) is 0.709. The Balaban J connectivity index is 1.54. The molecule has 6 heteroatoms. The Morgan fingerprint density at radius 1 is 1.17 bits per heavy atom. The van der Waals surface area contributed by atoms with Gasteiger partial charge in [0, 0.05) is 35.4 Å². The second-order valence-electron chi connectivity index (χ2n) is 5.42. The Bertz CT molecular complexity index is 1000. The van der Waals surface area contributed by atoms with E-state index in [1.807, 2.05) is 43.3 Å². The molecule has 6 nitrogen and oxygen atoms in total. The van der Waals surface area contributed by atoms with E-state index in [1.54, 1.807) is 18.5 Å². The van der Waals surface area contributed by atoms with Crippen molar-refractivity contribution in [2.75, 3.05) is 5.32 Å². The fourth-order valence-electron chi connectivity index (χ4n) is 2.46. The number of hydrogen-bond donors (Lipinski definition) is 2. The van der Waals surface area contributed by atoms with Gasteiger partial charge >= 0.3 is 0 Å². The van der Waals surface area contributed by atoms with Gasteiger partial charge in [0.25, 0.3) is 5.91 Å². The Morgan fingerprint density at radius 2 is 2.00 bits per heavy atom. The number of pyridine rings is 1. The van der Waals surface area contributed by atoms with Crippen molar-refractivity contribution in [2.45, 2.75) is 6.92 Å². The monoisotopic (exact) mass is 318 g/mol. The van der Waals surface area contributed by atoms with Gasteiger partial charge in [0.15, 0.2) is 11.3 Å². The van der Waals surface area contributed by atoms with Crippen LogP contribution >= 0.6 is 0 Å². The van der Waals surface area contributed by atoms with Gasteiger partial charge in [-0.05, 0) is 43.3 Å². The van der Waals surface area contributed by atoms with Crippen molar-refractivity contribution < 1.29 is 9.21 Å². The third-order valence-electron chi connectivity index (χ3n) is 3.65. The number of carbonyl (C=O) groups is 1. The number of nitrogens with one attached hydrogen (secondary N) is 2. The van der Waals surface area contributed by atoms with Crippen molar-refractivity contribution in [3.63, 3.8) is 0 Å². The van der Waals surface area contributed by atoms with E-state index in [0.29, 0.717) is 16.8 Å². The zero-order valence-electron chi connectivity index (χ0n) is 12.9. The normalized spacial score (nSPS) is 10.9. The van der Waals surface area contributed by atoms with E-state index in [2.05, 4.69) is 20.3 Å². The molecule has 0 spiro atoms. The van der Waals surface area contributed by atoms with E-state index in [-0.39, 0.29) is 11.7 Å². The summed E-state index contributed by atoms with van der Waals surface area (Å²) in [6.07, 6.45) is 3.46. The van der Waals surface area contributed by atoms with Gasteiger partial charge in [0.2, 0.25) is 0 Å². The highest BCUT2D eigenvalue weighted by molar-refractivity contribution is 6.04.